The monoisotopic (exact) mass is 438 g/mol. The SMILES string of the molecule is C=C(CCCCCCCCCCCCCCCCCCCCCCC)C(=O)OOCC. The Bertz CT molecular complexity index is 392. The van der Waals surface area contributed by atoms with Crippen LogP contribution in [0.3, 0.4) is 0 Å². The van der Waals surface area contributed by atoms with E-state index in [0.29, 0.717) is 18.6 Å². The zero-order chi connectivity index (χ0) is 22.8. The first kappa shape index (κ1) is 30.2. The Kier molecular flexibility index (Phi) is 24.7. The third kappa shape index (κ3) is 23.7. The molecule has 0 aromatic heterocycles. The maximum atomic E-state index is 11.5. The van der Waals surface area contributed by atoms with Crippen LogP contribution in [0.15, 0.2) is 12.2 Å². The van der Waals surface area contributed by atoms with Gasteiger partial charge in [0.25, 0.3) is 0 Å². The van der Waals surface area contributed by atoms with E-state index in [4.69, 9.17) is 0 Å². The molecule has 0 bridgehead atoms. The van der Waals surface area contributed by atoms with Crippen molar-refractivity contribution >= 4 is 5.97 Å². The van der Waals surface area contributed by atoms with Crippen molar-refractivity contribution in [1.29, 1.82) is 0 Å². The Morgan fingerprint density at radius 3 is 1.19 bits per heavy atom. The molecule has 0 atom stereocenters. The van der Waals surface area contributed by atoms with Crippen LogP contribution in [0.2, 0.25) is 0 Å². The first-order valence-electron chi connectivity index (χ1n) is 13.7. The smallest absolute Gasteiger partial charge is 0.293 e. The van der Waals surface area contributed by atoms with E-state index in [-0.39, 0.29) is 0 Å². The molecule has 0 aromatic rings. The van der Waals surface area contributed by atoms with Gasteiger partial charge in [-0.05, 0) is 19.8 Å². The van der Waals surface area contributed by atoms with Crippen molar-refractivity contribution in [3.8, 4) is 0 Å². The van der Waals surface area contributed by atoms with Crippen LogP contribution in [0, 0.1) is 0 Å². The average molecular weight is 439 g/mol. The van der Waals surface area contributed by atoms with Gasteiger partial charge in [0, 0.05) is 5.57 Å². The van der Waals surface area contributed by atoms with Crippen molar-refractivity contribution in [1.82, 2.24) is 0 Å². The minimum absolute atomic E-state index is 0.373. The zero-order valence-corrected chi connectivity index (χ0v) is 21.2. The third-order valence-electron chi connectivity index (χ3n) is 6.12. The fourth-order valence-electron chi connectivity index (χ4n) is 4.04. The highest BCUT2D eigenvalue weighted by atomic mass is 17.2. The molecule has 0 unspecified atom stereocenters. The summed E-state index contributed by atoms with van der Waals surface area (Å²) in [6, 6.07) is 0. The standard InChI is InChI=1S/C28H54O3/c1-4-6-7-8-9-10-11-12-13-14-15-16-17-18-19-20-21-22-23-24-25-26-27(3)28(29)31-30-5-2/h3-26H2,1-2H3. The summed E-state index contributed by atoms with van der Waals surface area (Å²) in [7, 11) is 0. The molecule has 3 nitrogen and oxygen atoms in total. The van der Waals surface area contributed by atoms with Crippen LogP contribution in [-0.2, 0) is 14.6 Å². The molecule has 0 spiro atoms. The van der Waals surface area contributed by atoms with Gasteiger partial charge in [0.05, 0.1) is 6.61 Å². The van der Waals surface area contributed by atoms with E-state index in [0.717, 1.165) is 6.42 Å². The Hall–Kier alpha value is -0.830. The molecule has 3 heteroatoms. The van der Waals surface area contributed by atoms with E-state index < -0.39 is 5.97 Å². The topological polar surface area (TPSA) is 35.5 Å². The normalized spacial score (nSPS) is 11.0. The van der Waals surface area contributed by atoms with E-state index in [9.17, 15) is 4.79 Å². The van der Waals surface area contributed by atoms with Gasteiger partial charge in [-0.25, -0.2) is 4.79 Å². The molecule has 0 saturated heterocycles. The fraction of sp³-hybridized carbons (Fsp3) is 0.893. The molecule has 0 rings (SSSR count). The van der Waals surface area contributed by atoms with Crippen molar-refractivity contribution in [2.75, 3.05) is 6.61 Å². The fourth-order valence-corrected chi connectivity index (χ4v) is 4.04. The lowest BCUT2D eigenvalue weighted by molar-refractivity contribution is -0.265. The van der Waals surface area contributed by atoms with E-state index >= 15 is 0 Å². The summed E-state index contributed by atoms with van der Waals surface area (Å²) in [5, 5.41) is 0. The maximum absolute atomic E-state index is 11.5. The van der Waals surface area contributed by atoms with Crippen molar-refractivity contribution in [2.45, 2.75) is 155 Å². The van der Waals surface area contributed by atoms with E-state index in [1.54, 1.807) is 6.92 Å². The summed E-state index contributed by atoms with van der Waals surface area (Å²) in [4.78, 5) is 20.8. The van der Waals surface area contributed by atoms with Crippen LogP contribution in [0.1, 0.15) is 155 Å². The summed E-state index contributed by atoms with van der Waals surface area (Å²) in [6.07, 6.45) is 29.7. The van der Waals surface area contributed by atoms with Gasteiger partial charge in [0.15, 0.2) is 0 Å². The van der Waals surface area contributed by atoms with Crippen LogP contribution >= 0.6 is 0 Å². The molecule has 0 saturated carbocycles. The summed E-state index contributed by atoms with van der Waals surface area (Å²) in [6.45, 7) is 8.23. The number of carbonyl (C=O) groups is 1. The molecule has 0 aliphatic carbocycles. The first-order valence-corrected chi connectivity index (χ1v) is 13.7. The lowest BCUT2D eigenvalue weighted by Gasteiger charge is -2.05. The largest absolute Gasteiger partial charge is 0.368 e. The molecule has 0 fully saturated rings. The molecule has 31 heavy (non-hydrogen) atoms. The predicted molar refractivity (Wildman–Crippen MR) is 134 cm³/mol. The van der Waals surface area contributed by atoms with Gasteiger partial charge < -0.3 is 0 Å². The highest BCUT2D eigenvalue weighted by molar-refractivity contribution is 5.87. The predicted octanol–water partition coefficient (Wildman–Crippen LogP) is 9.64. The molecule has 0 amide bonds. The second-order valence-electron chi connectivity index (χ2n) is 9.20. The van der Waals surface area contributed by atoms with E-state index in [1.165, 1.54) is 128 Å². The molecule has 0 aliphatic rings. The minimum Gasteiger partial charge on any atom is -0.293 e. The van der Waals surface area contributed by atoms with Gasteiger partial charge in [-0.15, -0.1) is 0 Å². The van der Waals surface area contributed by atoms with E-state index in [1.807, 2.05) is 0 Å². The zero-order valence-electron chi connectivity index (χ0n) is 21.2. The first-order chi connectivity index (χ1) is 15.2. The van der Waals surface area contributed by atoms with Gasteiger partial charge in [0.2, 0.25) is 0 Å². The van der Waals surface area contributed by atoms with Crippen LogP contribution < -0.4 is 0 Å². The van der Waals surface area contributed by atoms with Gasteiger partial charge in [-0.1, -0.05) is 142 Å². The average Bonchev–Trinajstić information content (AvgIpc) is 2.78. The van der Waals surface area contributed by atoms with Crippen LogP contribution in [-0.4, -0.2) is 12.6 Å². The van der Waals surface area contributed by atoms with Gasteiger partial charge in [-0.2, -0.15) is 4.89 Å². The summed E-state index contributed by atoms with van der Waals surface area (Å²) in [5.41, 5.74) is 0.520. The van der Waals surface area contributed by atoms with Crippen LogP contribution in [0.5, 0.6) is 0 Å². The Morgan fingerprint density at radius 1 is 0.548 bits per heavy atom. The summed E-state index contributed by atoms with van der Waals surface area (Å²) in [5.74, 6) is -0.421. The van der Waals surface area contributed by atoms with Crippen molar-refractivity contribution in [3.63, 3.8) is 0 Å². The van der Waals surface area contributed by atoms with Crippen molar-refractivity contribution in [2.24, 2.45) is 0 Å². The van der Waals surface area contributed by atoms with Crippen molar-refractivity contribution < 1.29 is 14.6 Å². The van der Waals surface area contributed by atoms with Crippen LogP contribution in [0.4, 0.5) is 0 Å². The molecule has 0 heterocycles. The maximum Gasteiger partial charge on any atom is 0.368 e. The number of carbonyl (C=O) groups excluding carboxylic acids is 1. The lowest BCUT2D eigenvalue weighted by atomic mass is 10.0. The van der Waals surface area contributed by atoms with Crippen LogP contribution in [0.25, 0.3) is 0 Å². The number of hydrogen-bond acceptors (Lipinski definition) is 3. The lowest BCUT2D eigenvalue weighted by Crippen LogP contribution is -2.07. The molecule has 184 valence electrons. The second kappa shape index (κ2) is 25.4. The molecular formula is C28H54O3. The van der Waals surface area contributed by atoms with Gasteiger partial charge in [-0.3, -0.25) is 4.89 Å². The molecule has 0 aliphatic heterocycles. The quantitative estimate of drug-likeness (QED) is 0.0615. The number of unbranched alkanes of at least 4 members (excludes halogenated alkanes) is 20. The Morgan fingerprint density at radius 2 is 0.871 bits per heavy atom. The number of hydrogen-bond donors (Lipinski definition) is 0. The van der Waals surface area contributed by atoms with Gasteiger partial charge >= 0.3 is 5.97 Å². The second-order valence-corrected chi connectivity index (χ2v) is 9.20. The van der Waals surface area contributed by atoms with E-state index in [2.05, 4.69) is 23.3 Å². The minimum atomic E-state index is -0.421. The molecule has 0 radical (unpaired) electrons. The number of rotatable bonds is 25. The highest BCUT2D eigenvalue weighted by Gasteiger charge is 2.08. The van der Waals surface area contributed by atoms with Crippen molar-refractivity contribution in [3.05, 3.63) is 12.2 Å². The summed E-state index contributed by atoms with van der Waals surface area (Å²) < 4.78 is 0. The highest BCUT2D eigenvalue weighted by Crippen LogP contribution is 2.16. The Balaban J connectivity index is 3.14. The molecule has 0 aromatic carbocycles. The Labute approximate surface area is 194 Å². The molecular weight excluding hydrogens is 384 g/mol. The molecule has 0 N–H and O–H groups in total. The summed E-state index contributed by atoms with van der Waals surface area (Å²) >= 11 is 0. The third-order valence-corrected chi connectivity index (χ3v) is 6.12. The van der Waals surface area contributed by atoms with Gasteiger partial charge in [0.1, 0.15) is 0 Å².